The Morgan fingerprint density at radius 3 is 2.53 bits per heavy atom. The standard InChI is InChI=1S/C22H21N7O2S/c1-15(30)23-12-17-7-9-18(10-8-17)19-13-32-22(25-19)26-21(31)20(29-14-24-27-28-29)11-16-5-3-2-4-6-16/h2-10,13-14,20H,11-12H2,1H3,(H,23,30)(H,25,26,31)/t20-/m0/s1. The van der Waals surface area contributed by atoms with Crippen LogP contribution in [0.4, 0.5) is 5.13 Å². The van der Waals surface area contributed by atoms with Crippen molar-refractivity contribution < 1.29 is 9.59 Å². The van der Waals surface area contributed by atoms with Crippen LogP contribution in [-0.4, -0.2) is 37.0 Å². The molecule has 162 valence electrons. The molecule has 0 spiro atoms. The summed E-state index contributed by atoms with van der Waals surface area (Å²) in [6.07, 6.45) is 1.88. The highest BCUT2D eigenvalue weighted by molar-refractivity contribution is 7.14. The van der Waals surface area contributed by atoms with Gasteiger partial charge in [-0.05, 0) is 21.6 Å². The van der Waals surface area contributed by atoms with Crippen molar-refractivity contribution in [2.24, 2.45) is 0 Å². The molecule has 0 saturated carbocycles. The minimum atomic E-state index is -0.604. The van der Waals surface area contributed by atoms with Gasteiger partial charge in [-0.15, -0.1) is 16.4 Å². The summed E-state index contributed by atoms with van der Waals surface area (Å²) in [5.74, 6) is -0.311. The van der Waals surface area contributed by atoms with Crippen LogP contribution in [0.2, 0.25) is 0 Å². The number of aromatic nitrogens is 5. The van der Waals surface area contributed by atoms with Crippen molar-refractivity contribution >= 4 is 28.3 Å². The maximum absolute atomic E-state index is 13.0. The minimum absolute atomic E-state index is 0.0683. The first-order valence-corrected chi connectivity index (χ1v) is 10.8. The number of hydrogen-bond donors (Lipinski definition) is 2. The third kappa shape index (κ3) is 5.41. The molecule has 2 aromatic carbocycles. The van der Waals surface area contributed by atoms with Gasteiger partial charge in [-0.2, -0.15) is 0 Å². The van der Waals surface area contributed by atoms with E-state index in [2.05, 4.69) is 31.1 Å². The van der Waals surface area contributed by atoms with Gasteiger partial charge < -0.3 is 10.6 Å². The van der Waals surface area contributed by atoms with Crippen molar-refractivity contribution in [2.45, 2.75) is 25.9 Å². The largest absolute Gasteiger partial charge is 0.352 e. The summed E-state index contributed by atoms with van der Waals surface area (Å²) in [6.45, 7) is 1.97. The van der Waals surface area contributed by atoms with E-state index in [1.165, 1.54) is 29.3 Å². The molecule has 0 aliphatic carbocycles. The number of hydrogen-bond acceptors (Lipinski definition) is 7. The third-order valence-electron chi connectivity index (χ3n) is 4.78. The molecule has 2 amide bonds. The molecule has 9 nitrogen and oxygen atoms in total. The smallest absolute Gasteiger partial charge is 0.251 e. The van der Waals surface area contributed by atoms with Crippen molar-refractivity contribution in [3.05, 3.63) is 77.4 Å². The van der Waals surface area contributed by atoms with E-state index in [-0.39, 0.29) is 11.8 Å². The maximum Gasteiger partial charge on any atom is 0.251 e. The monoisotopic (exact) mass is 447 g/mol. The molecule has 2 aromatic heterocycles. The molecule has 0 bridgehead atoms. The van der Waals surface area contributed by atoms with Crippen molar-refractivity contribution in [1.82, 2.24) is 30.5 Å². The van der Waals surface area contributed by atoms with E-state index in [0.29, 0.717) is 18.1 Å². The van der Waals surface area contributed by atoms with Gasteiger partial charge in [0.15, 0.2) is 5.13 Å². The van der Waals surface area contributed by atoms with E-state index in [1.54, 1.807) is 0 Å². The van der Waals surface area contributed by atoms with E-state index >= 15 is 0 Å². The zero-order valence-corrected chi connectivity index (χ0v) is 18.1. The van der Waals surface area contributed by atoms with E-state index in [1.807, 2.05) is 60.0 Å². The molecular formula is C22H21N7O2S. The average molecular weight is 448 g/mol. The molecule has 4 aromatic rings. The quantitative estimate of drug-likeness (QED) is 0.429. The number of benzene rings is 2. The van der Waals surface area contributed by atoms with Gasteiger partial charge in [-0.1, -0.05) is 54.6 Å². The number of carbonyl (C=O) groups excluding carboxylic acids is 2. The van der Waals surface area contributed by atoms with Crippen LogP contribution in [0, 0.1) is 0 Å². The summed E-state index contributed by atoms with van der Waals surface area (Å²) in [6, 6.07) is 16.9. The lowest BCUT2D eigenvalue weighted by molar-refractivity contribution is -0.120. The topological polar surface area (TPSA) is 115 Å². The highest BCUT2D eigenvalue weighted by Crippen LogP contribution is 2.26. The summed E-state index contributed by atoms with van der Waals surface area (Å²) < 4.78 is 1.45. The maximum atomic E-state index is 13.0. The van der Waals surface area contributed by atoms with Crippen LogP contribution < -0.4 is 10.6 Å². The van der Waals surface area contributed by atoms with Crippen LogP contribution in [0.15, 0.2) is 66.3 Å². The molecule has 0 saturated heterocycles. The number of thiazole rings is 1. The molecule has 10 heteroatoms. The van der Waals surface area contributed by atoms with Gasteiger partial charge >= 0.3 is 0 Å². The fourth-order valence-corrected chi connectivity index (χ4v) is 3.85. The fourth-order valence-electron chi connectivity index (χ4n) is 3.13. The molecule has 32 heavy (non-hydrogen) atoms. The number of rotatable bonds is 8. The van der Waals surface area contributed by atoms with Crippen LogP contribution in [-0.2, 0) is 22.6 Å². The Labute approximate surface area is 188 Å². The second-order valence-electron chi connectivity index (χ2n) is 7.13. The Morgan fingerprint density at radius 2 is 1.84 bits per heavy atom. The minimum Gasteiger partial charge on any atom is -0.352 e. The van der Waals surface area contributed by atoms with Crippen molar-refractivity contribution in [3.8, 4) is 11.3 Å². The van der Waals surface area contributed by atoms with E-state index in [4.69, 9.17) is 0 Å². The summed E-state index contributed by atoms with van der Waals surface area (Å²) in [4.78, 5) is 28.6. The number of carbonyl (C=O) groups is 2. The van der Waals surface area contributed by atoms with Crippen LogP contribution >= 0.6 is 11.3 Å². The second-order valence-corrected chi connectivity index (χ2v) is 7.99. The number of amides is 2. The van der Waals surface area contributed by atoms with Crippen molar-refractivity contribution in [3.63, 3.8) is 0 Å². The zero-order valence-electron chi connectivity index (χ0n) is 17.3. The third-order valence-corrected chi connectivity index (χ3v) is 5.54. The number of anilines is 1. The van der Waals surface area contributed by atoms with Crippen LogP contribution in [0.1, 0.15) is 24.1 Å². The first kappa shape index (κ1) is 21.3. The summed E-state index contributed by atoms with van der Waals surface area (Å²) >= 11 is 1.35. The molecule has 2 heterocycles. The van der Waals surface area contributed by atoms with Crippen LogP contribution in [0.5, 0.6) is 0 Å². The molecular weight excluding hydrogens is 426 g/mol. The summed E-state index contributed by atoms with van der Waals surface area (Å²) in [7, 11) is 0. The van der Waals surface area contributed by atoms with Crippen molar-refractivity contribution in [2.75, 3.05) is 5.32 Å². The Morgan fingerprint density at radius 1 is 1.06 bits per heavy atom. The SMILES string of the molecule is CC(=O)NCc1ccc(-c2csc(NC(=O)[C@H](Cc3ccccc3)n3cnnn3)n2)cc1. The van der Waals surface area contributed by atoms with Gasteiger partial charge in [0.2, 0.25) is 5.91 Å². The van der Waals surface area contributed by atoms with E-state index in [0.717, 1.165) is 22.4 Å². The fraction of sp³-hybridized carbons (Fsp3) is 0.182. The first-order chi connectivity index (χ1) is 15.6. The molecule has 2 N–H and O–H groups in total. The first-order valence-electron chi connectivity index (χ1n) is 9.95. The number of nitrogens with zero attached hydrogens (tertiary/aromatic N) is 5. The highest BCUT2D eigenvalue weighted by Gasteiger charge is 2.23. The Balaban J connectivity index is 1.45. The van der Waals surface area contributed by atoms with Gasteiger partial charge in [0, 0.05) is 30.8 Å². The van der Waals surface area contributed by atoms with Gasteiger partial charge in [0.25, 0.3) is 5.91 Å². The zero-order chi connectivity index (χ0) is 22.3. The normalized spacial score (nSPS) is 11.7. The summed E-state index contributed by atoms with van der Waals surface area (Å²) in [5, 5.41) is 19.3. The predicted molar refractivity (Wildman–Crippen MR) is 121 cm³/mol. The van der Waals surface area contributed by atoms with Gasteiger partial charge in [0.05, 0.1) is 5.69 Å². The lowest BCUT2D eigenvalue weighted by atomic mass is 10.1. The molecule has 4 rings (SSSR count). The Kier molecular flexibility index (Phi) is 6.61. The van der Waals surface area contributed by atoms with Gasteiger partial charge in [-0.3, -0.25) is 9.59 Å². The lowest BCUT2D eigenvalue weighted by Crippen LogP contribution is -2.28. The van der Waals surface area contributed by atoms with E-state index in [9.17, 15) is 9.59 Å². The average Bonchev–Trinajstić information content (AvgIpc) is 3.50. The molecule has 0 fully saturated rings. The molecule has 0 radical (unpaired) electrons. The molecule has 0 aliphatic heterocycles. The van der Waals surface area contributed by atoms with Gasteiger partial charge in [0.1, 0.15) is 12.4 Å². The van der Waals surface area contributed by atoms with Gasteiger partial charge in [-0.25, -0.2) is 9.67 Å². The predicted octanol–water partition coefficient (Wildman–Crippen LogP) is 2.86. The molecule has 0 aliphatic rings. The number of nitrogens with one attached hydrogen (secondary N) is 2. The highest BCUT2D eigenvalue weighted by atomic mass is 32.1. The summed E-state index contributed by atoms with van der Waals surface area (Å²) in [5.41, 5.74) is 3.69. The lowest BCUT2D eigenvalue weighted by Gasteiger charge is -2.15. The van der Waals surface area contributed by atoms with Crippen LogP contribution in [0.3, 0.4) is 0 Å². The number of tetrazole rings is 1. The Bertz CT molecular complexity index is 1170. The van der Waals surface area contributed by atoms with Crippen molar-refractivity contribution in [1.29, 1.82) is 0 Å². The molecule has 0 unspecified atom stereocenters. The Hall–Kier alpha value is -3.92. The van der Waals surface area contributed by atoms with E-state index < -0.39 is 6.04 Å². The second kappa shape index (κ2) is 9.92. The molecule has 1 atom stereocenters. The van der Waals surface area contributed by atoms with Crippen LogP contribution in [0.25, 0.3) is 11.3 Å².